The highest BCUT2D eigenvalue weighted by Crippen LogP contribution is 2.16. The molecule has 0 heterocycles. The van der Waals surface area contributed by atoms with E-state index in [-0.39, 0.29) is 18.4 Å². The molecule has 0 bridgehead atoms. The van der Waals surface area contributed by atoms with E-state index in [2.05, 4.69) is 5.32 Å². The van der Waals surface area contributed by atoms with Crippen molar-refractivity contribution < 1.29 is 15.3 Å². The monoisotopic (exact) mass is 225 g/mol. The Morgan fingerprint density at radius 3 is 2.38 bits per heavy atom. The van der Waals surface area contributed by atoms with Crippen LogP contribution >= 0.6 is 0 Å². The Morgan fingerprint density at radius 2 is 1.88 bits per heavy atom. The molecule has 90 valence electrons. The quantitative estimate of drug-likeness (QED) is 0.597. The van der Waals surface area contributed by atoms with Gasteiger partial charge in [0.15, 0.2) is 0 Å². The van der Waals surface area contributed by atoms with E-state index >= 15 is 0 Å². The van der Waals surface area contributed by atoms with Crippen LogP contribution in [0.5, 0.6) is 5.75 Å². The Kier molecular flexibility index (Phi) is 4.29. The van der Waals surface area contributed by atoms with Crippen molar-refractivity contribution in [3.63, 3.8) is 0 Å². The van der Waals surface area contributed by atoms with Gasteiger partial charge in [0.1, 0.15) is 5.75 Å². The number of phenols is 1. The van der Waals surface area contributed by atoms with E-state index in [9.17, 15) is 5.11 Å². The Hall–Kier alpha value is -1.10. The van der Waals surface area contributed by atoms with Crippen LogP contribution in [0.3, 0.4) is 0 Å². The first kappa shape index (κ1) is 13.0. The van der Waals surface area contributed by atoms with E-state index < -0.39 is 5.60 Å². The van der Waals surface area contributed by atoms with Gasteiger partial charge in [-0.25, -0.2) is 0 Å². The molecule has 2 atom stereocenters. The molecule has 0 aliphatic carbocycles. The minimum Gasteiger partial charge on any atom is -0.508 e. The molecule has 0 aromatic heterocycles. The summed E-state index contributed by atoms with van der Waals surface area (Å²) in [6, 6.07) is 6.94. The van der Waals surface area contributed by atoms with Gasteiger partial charge in [-0.05, 0) is 31.5 Å². The second-order valence-electron chi connectivity index (χ2n) is 4.35. The second-order valence-corrected chi connectivity index (χ2v) is 4.35. The summed E-state index contributed by atoms with van der Waals surface area (Å²) in [5, 5.41) is 30.8. The second kappa shape index (κ2) is 5.30. The van der Waals surface area contributed by atoms with Crippen LogP contribution in [0, 0.1) is 0 Å². The number of aliphatic hydroxyl groups is 2. The fourth-order valence-corrected chi connectivity index (χ4v) is 1.31. The summed E-state index contributed by atoms with van der Waals surface area (Å²) in [6.07, 6.45) is 0. The van der Waals surface area contributed by atoms with E-state index in [1.807, 2.05) is 19.1 Å². The van der Waals surface area contributed by atoms with Crippen LogP contribution < -0.4 is 5.32 Å². The van der Waals surface area contributed by atoms with Crippen molar-refractivity contribution in [3.05, 3.63) is 29.8 Å². The molecule has 0 radical (unpaired) electrons. The van der Waals surface area contributed by atoms with Crippen LogP contribution in [0.25, 0.3) is 0 Å². The van der Waals surface area contributed by atoms with Gasteiger partial charge in [-0.3, -0.25) is 0 Å². The van der Waals surface area contributed by atoms with Crippen molar-refractivity contribution >= 4 is 0 Å². The lowest BCUT2D eigenvalue weighted by molar-refractivity contribution is 0.00106. The predicted molar refractivity (Wildman–Crippen MR) is 62.2 cm³/mol. The number of aliphatic hydroxyl groups excluding tert-OH is 1. The van der Waals surface area contributed by atoms with Gasteiger partial charge in [0.25, 0.3) is 0 Å². The zero-order valence-corrected chi connectivity index (χ0v) is 9.64. The number of benzene rings is 1. The predicted octanol–water partition coefficient (Wildman–Crippen LogP) is 0.786. The summed E-state index contributed by atoms with van der Waals surface area (Å²) in [5.74, 6) is 0.235. The van der Waals surface area contributed by atoms with E-state index in [0.29, 0.717) is 6.54 Å². The minimum absolute atomic E-state index is 0.0543. The maximum Gasteiger partial charge on any atom is 0.115 e. The fraction of sp³-hybridized carbons (Fsp3) is 0.500. The van der Waals surface area contributed by atoms with Crippen LogP contribution in [0.2, 0.25) is 0 Å². The van der Waals surface area contributed by atoms with Crippen LogP contribution in [0.15, 0.2) is 24.3 Å². The molecule has 16 heavy (non-hydrogen) atoms. The molecule has 0 saturated carbocycles. The van der Waals surface area contributed by atoms with Gasteiger partial charge >= 0.3 is 0 Å². The number of rotatable bonds is 5. The molecule has 1 aromatic rings. The zero-order chi connectivity index (χ0) is 12.2. The Labute approximate surface area is 95.6 Å². The highest BCUT2D eigenvalue weighted by atomic mass is 16.3. The minimum atomic E-state index is -1.11. The van der Waals surface area contributed by atoms with Gasteiger partial charge in [0.05, 0.1) is 12.2 Å². The van der Waals surface area contributed by atoms with Gasteiger partial charge in [-0.15, -0.1) is 0 Å². The summed E-state index contributed by atoms with van der Waals surface area (Å²) >= 11 is 0. The lowest BCUT2D eigenvalue weighted by Gasteiger charge is -2.24. The van der Waals surface area contributed by atoms with Crippen molar-refractivity contribution in [2.45, 2.75) is 25.5 Å². The molecule has 4 heteroatoms. The average Bonchev–Trinajstić information content (AvgIpc) is 2.27. The molecule has 1 rings (SSSR count). The Balaban J connectivity index is 2.53. The molecule has 1 aromatic carbocycles. The number of aromatic hydroxyl groups is 1. The molecule has 0 spiro atoms. The van der Waals surface area contributed by atoms with Crippen molar-refractivity contribution in [2.24, 2.45) is 0 Å². The molecular weight excluding hydrogens is 206 g/mol. The molecule has 0 aliphatic rings. The third-order valence-corrected chi connectivity index (χ3v) is 2.52. The van der Waals surface area contributed by atoms with Gasteiger partial charge in [-0.2, -0.15) is 0 Å². The lowest BCUT2D eigenvalue weighted by atomic mass is 10.1. The zero-order valence-electron chi connectivity index (χ0n) is 9.64. The maximum absolute atomic E-state index is 9.61. The molecule has 4 nitrogen and oxygen atoms in total. The van der Waals surface area contributed by atoms with Crippen molar-refractivity contribution in [1.29, 1.82) is 0 Å². The summed E-state index contributed by atoms with van der Waals surface area (Å²) in [6.45, 7) is 3.57. The summed E-state index contributed by atoms with van der Waals surface area (Å²) < 4.78 is 0. The largest absolute Gasteiger partial charge is 0.508 e. The third-order valence-electron chi connectivity index (χ3n) is 2.52. The van der Waals surface area contributed by atoms with Gasteiger partial charge in [0.2, 0.25) is 0 Å². The van der Waals surface area contributed by atoms with Crippen LogP contribution in [0.4, 0.5) is 0 Å². The summed E-state index contributed by atoms with van der Waals surface area (Å²) in [7, 11) is 0. The van der Waals surface area contributed by atoms with Crippen molar-refractivity contribution in [2.75, 3.05) is 13.2 Å². The smallest absolute Gasteiger partial charge is 0.115 e. The summed E-state index contributed by atoms with van der Waals surface area (Å²) in [5.41, 5.74) is -0.0860. The van der Waals surface area contributed by atoms with Crippen molar-refractivity contribution in [1.82, 2.24) is 5.32 Å². The fourth-order valence-electron chi connectivity index (χ4n) is 1.31. The average molecular weight is 225 g/mol. The highest BCUT2D eigenvalue weighted by Gasteiger charge is 2.19. The molecule has 0 aliphatic heterocycles. The van der Waals surface area contributed by atoms with Gasteiger partial charge in [0, 0.05) is 12.6 Å². The SMILES string of the molecule is CC(NCC(C)(O)CO)c1ccc(O)cc1. The third kappa shape index (κ3) is 3.81. The molecule has 2 unspecified atom stereocenters. The number of hydrogen-bond donors (Lipinski definition) is 4. The molecule has 0 fully saturated rings. The normalized spacial score (nSPS) is 16.8. The standard InChI is InChI=1S/C12H19NO3/c1-9(13-7-12(2,16)8-14)10-3-5-11(15)6-4-10/h3-6,9,13-16H,7-8H2,1-2H3. The van der Waals surface area contributed by atoms with Crippen LogP contribution in [-0.4, -0.2) is 34.1 Å². The lowest BCUT2D eigenvalue weighted by Crippen LogP contribution is -2.41. The number of hydrogen-bond acceptors (Lipinski definition) is 4. The van der Waals surface area contributed by atoms with Crippen molar-refractivity contribution in [3.8, 4) is 5.75 Å². The first-order chi connectivity index (χ1) is 7.44. The topological polar surface area (TPSA) is 72.7 Å². The number of nitrogens with one attached hydrogen (secondary N) is 1. The van der Waals surface area contributed by atoms with Crippen LogP contribution in [-0.2, 0) is 0 Å². The maximum atomic E-state index is 9.61. The van der Waals surface area contributed by atoms with E-state index in [0.717, 1.165) is 5.56 Å². The highest BCUT2D eigenvalue weighted by molar-refractivity contribution is 5.27. The summed E-state index contributed by atoms with van der Waals surface area (Å²) in [4.78, 5) is 0. The molecular formula is C12H19NO3. The van der Waals surface area contributed by atoms with E-state index in [4.69, 9.17) is 10.2 Å². The van der Waals surface area contributed by atoms with Crippen LogP contribution in [0.1, 0.15) is 25.5 Å². The number of phenolic OH excluding ortho intramolecular Hbond substituents is 1. The van der Waals surface area contributed by atoms with E-state index in [1.165, 1.54) is 0 Å². The van der Waals surface area contributed by atoms with E-state index in [1.54, 1.807) is 19.1 Å². The Morgan fingerprint density at radius 1 is 1.31 bits per heavy atom. The Bertz CT molecular complexity index is 322. The first-order valence-corrected chi connectivity index (χ1v) is 5.30. The molecule has 0 saturated heterocycles. The molecule has 4 N–H and O–H groups in total. The first-order valence-electron chi connectivity index (χ1n) is 5.30. The molecule has 0 amide bonds. The van der Waals surface area contributed by atoms with Gasteiger partial charge in [-0.1, -0.05) is 12.1 Å². The van der Waals surface area contributed by atoms with Gasteiger partial charge < -0.3 is 20.6 Å².